The van der Waals surface area contributed by atoms with E-state index < -0.39 is 0 Å². The summed E-state index contributed by atoms with van der Waals surface area (Å²) in [6.45, 7) is 4.23. The molecule has 0 unspecified atom stereocenters. The first-order valence-corrected chi connectivity index (χ1v) is 7.56. The number of rotatable bonds is 6. The Morgan fingerprint density at radius 2 is 1.83 bits per heavy atom. The number of halogens is 1. The van der Waals surface area contributed by atoms with Gasteiger partial charge in [-0.25, -0.2) is 9.37 Å². The molecule has 2 aromatic carbocycles. The molecule has 0 spiro atoms. The summed E-state index contributed by atoms with van der Waals surface area (Å²) in [6, 6.07) is 17.9. The Bertz CT molecular complexity index is 834. The smallest absolute Gasteiger partial charge is 0.225 e. The molecule has 0 saturated heterocycles. The number of hydrogen-bond acceptors (Lipinski definition) is 4. The van der Waals surface area contributed by atoms with E-state index in [1.807, 2.05) is 36.4 Å². The van der Waals surface area contributed by atoms with Gasteiger partial charge in [-0.05, 0) is 18.2 Å². The van der Waals surface area contributed by atoms with Crippen molar-refractivity contribution in [1.82, 2.24) is 9.97 Å². The second kappa shape index (κ2) is 7.37. The van der Waals surface area contributed by atoms with E-state index in [1.165, 1.54) is 12.1 Å². The minimum Gasteiger partial charge on any atom is -0.351 e. The normalized spacial score (nSPS) is 10.2. The van der Waals surface area contributed by atoms with Crippen LogP contribution in [0.1, 0.15) is 0 Å². The second-order valence-electron chi connectivity index (χ2n) is 5.13. The van der Waals surface area contributed by atoms with Gasteiger partial charge in [0.1, 0.15) is 11.6 Å². The third-order valence-electron chi connectivity index (χ3n) is 3.30. The van der Waals surface area contributed by atoms with Gasteiger partial charge in [0, 0.05) is 23.9 Å². The molecule has 0 fully saturated rings. The minimum absolute atomic E-state index is 0.303. The zero-order chi connectivity index (χ0) is 16.8. The Morgan fingerprint density at radius 1 is 1.00 bits per heavy atom. The Labute approximate surface area is 140 Å². The minimum atomic E-state index is -0.303. The lowest BCUT2D eigenvalue weighted by Gasteiger charge is -2.11. The van der Waals surface area contributed by atoms with Crippen LogP contribution >= 0.6 is 0 Å². The van der Waals surface area contributed by atoms with Gasteiger partial charge in [-0.15, -0.1) is 6.58 Å². The molecule has 3 aromatic rings. The van der Waals surface area contributed by atoms with E-state index in [4.69, 9.17) is 0 Å². The molecule has 5 heteroatoms. The van der Waals surface area contributed by atoms with Gasteiger partial charge in [-0.1, -0.05) is 42.5 Å². The van der Waals surface area contributed by atoms with Crippen LogP contribution in [0.25, 0.3) is 11.3 Å². The molecule has 0 bridgehead atoms. The van der Waals surface area contributed by atoms with Gasteiger partial charge in [0.2, 0.25) is 5.95 Å². The average molecular weight is 320 g/mol. The highest BCUT2D eigenvalue weighted by atomic mass is 19.1. The first-order chi connectivity index (χ1) is 11.7. The van der Waals surface area contributed by atoms with Gasteiger partial charge in [0.15, 0.2) is 0 Å². The standard InChI is InChI=1S/C19H17FN4/c1-2-11-21-19-23-17(14-7-4-3-5-8-14)13-18(24-19)22-16-10-6-9-15(20)12-16/h2-10,12-13H,1,11H2,(H2,21,22,23,24). The molecule has 0 aliphatic rings. The summed E-state index contributed by atoms with van der Waals surface area (Å²) in [5.74, 6) is 0.763. The van der Waals surface area contributed by atoms with Gasteiger partial charge in [0.05, 0.1) is 5.69 Å². The quantitative estimate of drug-likeness (QED) is 0.650. The summed E-state index contributed by atoms with van der Waals surface area (Å²) in [5, 5.41) is 6.20. The van der Waals surface area contributed by atoms with Crippen LogP contribution in [0.15, 0.2) is 73.3 Å². The number of nitrogens with zero attached hydrogens (tertiary/aromatic N) is 2. The fourth-order valence-electron chi connectivity index (χ4n) is 2.22. The molecule has 1 aromatic heterocycles. The number of anilines is 3. The lowest BCUT2D eigenvalue weighted by molar-refractivity contribution is 0.628. The maximum absolute atomic E-state index is 13.4. The molecular formula is C19H17FN4. The third kappa shape index (κ3) is 3.95. The number of hydrogen-bond donors (Lipinski definition) is 2. The second-order valence-corrected chi connectivity index (χ2v) is 5.13. The van der Waals surface area contributed by atoms with Crippen molar-refractivity contribution >= 4 is 17.5 Å². The highest BCUT2D eigenvalue weighted by Gasteiger charge is 2.07. The van der Waals surface area contributed by atoms with Gasteiger partial charge in [-0.3, -0.25) is 0 Å². The van der Waals surface area contributed by atoms with E-state index in [0.29, 0.717) is 24.0 Å². The van der Waals surface area contributed by atoms with Gasteiger partial charge in [0.25, 0.3) is 0 Å². The van der Waals surface area contributed by atoms with Crippen LogP contribution in [-0.4, -0.2) is 16.5 Å². The maximum atomic E-state index is 13.4. The van der Waals surface area contributed by atoms with Crippen molar-refractivity contribution in [2.45, 2.75) is 0 Å². The molecular weight excluding hydrogens is 303 g/mol. The molecule has 0 aliphatic heterocycles. The molecule has 4 nitrogen and oxygen atoms in total. The van der Waals surface area contributed by atoms with Crippen molar-refractivity contribution in [2.24, 2.45) is 0 Å². The molecule has 120 valence electrons. The van der Waals surface area contributed by atoms with E-state index in [1.54, 1.807) is 18.2 Å². The van der Waals surface area contributed by atoms with Gasteiger partial charge < -0.3 is 10.6 Å². The Hall–Kier alpha value is -3.21. The number of nitrogens with one attached hydrogen (secondary N) is 2. The average Bonchev–Trinajstić information content (AvgIpc) is 2.60. The van der Waals surface area contributed by atoms with Crippen molar-refractivity contribution in [3.05, 3.63) is 79.1 Å². The Morgan fingerprint density at radius 3 is 2.58 bits per heavy atom. The SMILES string of the molecule is C=CCNc1nc(Nc2cccc(F)c2)cc(-c2ccccc2)n1. The van der Waals surface area contributed by atoms with Crippen molar-refractivity contribution in [3.8, 4) is 11.3 Å². The van der Waals surface area contributed by atoms with Crippen LogP contribution in [0.2, 0.25) is 0 Å². The summed E-state index contributed by atoms with van der Waals surface area (Å²) in [6.07, 6.45) is 1.73. The summed E-state index contributed by atoms with van der Waals surface area (Å²) in [4.78, 5) is 8.93. The van der Waals surface area contributed by atoms with Crippen LogP contribution in [0.3, 0.4) is 0 Å². The monoisotopic (exact) mass is 320 g/mol. The van der Waals surface area contributed by atoms with E-state index in [-0.39, 0.29) is 5.82 Å². The van der Waals surface area contributed by atoms with E-state index in [9.17, 15) is 4.39 Å². The molecule has 1 heterocycles. The lowest BCUT2D eigenvalue weighted by atomic mass is 10.1. The van der Waals surface area contributed by atoms with Crippen LogP contribution in [0, 0.1) is 5.82 Å². The summed E-state index contributed by atoms with van der Waals surface area (Å²) in [7, 11) is 0. The molecule has 24 heavy (non-hydrogen) atoms. The first-order valence-electron chi connectivity index (χ1n) is 7.56. The van der Waals surface area contributed by atoms with Crippen LogP contribution < -0.4 is 10.6 Å². The summed E-state index contributed by atoms with van der Waals surface area (Å²) < 4.78 is 13.4. The molecule has 0 radical (unpaired) electrons. The summed E-state index contributed by atoms with van der Waals surface area (Å²) >= 11 is 0. The van der Waals surface area contributed by atoms with Crippen LogP contribution in [0.5, 0.6) is 0 Å². The highest BCUT2D eigenvalue weighted by Crippen LogP contribution is 2.23. The first kappa shape index (κ1) is 15.7. The van der Waals surface area contributed by atoms with Crippen LogP contribution in [0.4, 0.5) is 21.8 Å². The fraction of sp³-hybridized carbons (Fsp3) is 0.0526. The Balaban J connectivity index is 1.96. The van der Waals surface area contributed by atoms with Gasteiger partial charge in [-0.2, -0.15) is 4.98 Å². The predicted molar refractivity (Wildman–Crippen MR) is 95.8 cm³/mol. The van der Waals surface area contributed by atoms with Gasteiger partial charge >= 0.3 is 0 Å². The zero-order valence-electron chi connectivity index (χ0n) is 13.0. The molecule has 0 atom stereocenters. The Kier molecular flexibility index (Phi) is 4.81. The van der Waals surface area contributed by atoms with Crippen molar-refractivity contribution in [1.29, 1.82) is 0 Å². The third-order valence-corrected chi connectivity index (χ3v) is 3.30. The largest absolute Gasteiger partial charge is 0.351 e. The molecule has 0 saturated carbocycles. The van der Waals surface area contributed by atoms with E-state index >= 15 is 0 Å². The zero-order valence-corrected chi connectivity index (χ0v) is 13.0. The van der Waals surface area contributed by atoms with Crippen LogP contribution in [-0.2, 0) is 0 Å². The fourth-order valence-corrected chi connectivity index (χ4v) is 2.22. The maximum Gasteiger partial charge on any atom is 0.225 e. The topological polar surface area (TPSA) is 49.8 Å². The molecule has 3 rings (SSSR count). The van der Waals surface area contributed by atoms with E-state index in [2.05, 4.69) is 27.2 Å². The summed E-state index contributed by atoms with van der Waals surface area (Å²) in [5.41, 5.74) is 2.38. The van der Waals surface area contributed by atoms with Crippen molar-refractivity contribution in [3.63, 3.8) is 0 Å². The molecule has 0 aliphatic carbocycles. The number of benzene rings is 2. The van der Waals surface area contributed by atoms with Crippen molar-refractivity contribution < 1.29 is 4.39 Å². The lowest BCUT2D eigenvalue weighted by Crippen LogP contribution is -2.06. The molecule has 2 N–H and O–H groups in total. The predicted octanol–water partition coefficient (Wildman–Crippen LogP) is 4.62. The number of aromatic nitrogens is 2. The van der Waals surface area contributed by atoms with E-state index in [0.717, 1.165) is 11.3 Å². The molecule has 0 amide bonds. The highest BCUT2D eigenvalue weighted by molar-refractivity contribution is 5.67. The van der Waals surface area contributed by atoms with Crippen molar-refractivity contribution in [2.75, 3.05) is 17.2 Å².